The van der Waals surface area contributed by atoms with Crippen molar-refractivity contribution in [3.8, 4) is 0 Å². The molecule has 0 atom stereocenters. The minimum atomic E-state index is 0.245. The van der Waals surface area contributed by atoms with Crippen LogP contribution in [0.3, 0.4) is 0 Å². The Morgan fingerprint density at radius 3 is 3.08 bits per heavy atom. The third kappa shape index (κ3) is 3.02. The maximum absolute atomic E-state index is 8.51. The Bertz CT molecular complexity index is 222. The van der Waals surface area contributed by atoms with Crippen LogP contribution in [0.25, 0.3) is 0 Å². The summed E-state index contributed by atoms with van der Waals surface area (Å²) < 4.78 is 0. The van der Waals surface area contributed by atoms with Gasteiger partial charge in [-0.1, -0.05) is 0 Å². The van der Waals surface area contributed by atoms with E-state index in [2.05, 4.69) is 15.3 Å². The van der Waals surface area contributed by atoms with Crippen LogP contribution in [-0.2, 0) is 6.54 Å². The number of aromatic nitrogens is 2. The number of aliphatic hydroxyl groups is 1. The number of nitrogens with one attached hydrogen (secondary N) is 2. The number of nitrogens with zero attached hydrogens (tertiary/aromatic N) is 1. The van der Waals surface area contributed by atoms with Crippen molar-refractivity contribution >= 4 is 0 Å². The Hall–Kier alpha value is -0.870. The van der Waals surface area contributed by atoms with Gasteiger partial charge in [0.2, 0.25) is 0 Å². The van der Waals surface area contributed by atoms with Gasteiger partial charge in [0.05, 0.1) is 0 Å². The first-order valence-corrected chi connectivity index (χ1v) is 4.15. The van der Waals surface area contributed by atoms with Crippen molar-refractivity contribution in [3.05, 3.63) is 17.7 Å². The summed E-state index contributed by atoms with van der Waals surface area (Å²) in [5.41, 5.74) is 1.09. The molecule has 0 saturated carbocycles. The standard InChI is InChI=1S/C8H15N3O/c1-7-10-6-8(11-7)5-9-3-2-4-12/h6,9,12H,2-5H2,1H3,(H,10,11). The van der Waals surface area contributed by atoms with Gasteiger partial charge in [-0.25, -0.2) is 4.98 Å². The van der Waals surface area contributed by atoms with Crippen LogP contribution < -0.4 is 5.32 Å². The maximum atomic E-state index is 8.51. The van der Waals surface area contributed by atoms with E-state index in [0.717, 1.165) is 31.0 Å². The number of hydrogen-bond donors (Lipinski definition) is 3. The highest BCUT2D eigenvalue weighted by Gasteiger charge is 1.94. The second-order valence-corrected chi connectivity index (χ2v) is 2.75. The van der Waals surface area contributed by atoms with E-state index in [-0.39, 0.29) is 6.61 Å². The van der Waals surface area contributed by atoms with Gasteiger partial charge in [0, 0.05) is 25.0 Å². The summed E-state index contributed by atoms with van der Waals surface area (Å²) in [6, 6.07) is 0. The third-order valence-electron chi connectivity index (χ3n) is 1.58. The number of hydrogen-bond acceptors (Lipinski definition) is 3. The van der Waals surface area contributed by atoms with Crippen LogP contribution in [0.15, 0.2) is 6.20 Å². The number of aromatic amines is 1. The van der Waals surface area contributed by atoms with E-state index in [4.69, 9.17) is 5.11 Å². The first kappa shape index (κ1) is 9.22. The summed E-state index contributed by atoms with van der Waals surface area (Å²) in [5.74, 6) is 0.939. The molecule has 0 aromatic carbocycles. The molecule has 0 aliphatic heterocycles. The highest BCUT2D eigenvalue weighted by Crippen LogP contribution is 1.93. The van der Waals surface area contributed by atoms with E-state index in [1.54, 1.807) is 0 Å². The first-order valence-electron chi connectivity index (χ1n) is 4.15. The van der Waals surface area contributed by atoms with Gasteiger partial charge in [-0.15, -0.1) is 0 Å². The summed E-state index contributed by atoms with van der Waals surface area (Å²) in [6.07, 6.45) is 2.62. The Balaban J connectivity index is 2.15. The van der Waals surface area contributed by atoms with Gasteiger partial charge in [0.25, 0.3) is 0 Å². The van der Waals surface area contributed by atoms with Gasteiger partial charge in [0.15, 0.2) is 0 Å². The molecule has 0 bridgehead atoms. The molecule has 4 heteroatoms. The van der Waals surface area contributed by atoms with Crippen LogP contribution in [0.5, 0.6) is 0 Å². The maximum Gasteiger partial charge on any atom is 0.103 e. The molecule has 0 amide bonds. The minimum absolute atomic E-state index is 0.245. The topological polar surface area (TPSA) is 60.9 Å². The molecule has 1 heterocycles. The van der Waals surface area contributed by atoms with E-state index in [1.807, 2.05) is 13.1 Å². The van der Waals surface area contributed by atoms with Crippen LogP contribution in [0, 0.1) is 6.92 Å². The summed E-state index contributed by atoms with van der Waals surface area (Å²) >= 11 is 0. The summed E-state index contributed by atoms with van der Waals surface area (Å²) in [4.78, 5) is 7.19. The van der Waals surface area contributed by atoms with Crippen molar-refractivity contribution in [1.82, 2.24) is 15.3 Å². The summed E-state index contributed by atoms with van der Waals surface area (Å²) in [6.45, 7) is 3.81. The van der Waals surface area contributed by atoms with Crippen molar-refractivity contribution in [2.45, 2.75) is 19.9 Å². The Kier molecular flexibility index (Phi) is 3.76. The zero-order valence-electron chi connectivity index (χ0n) is 7.30. The molecule has 0 unspecified atom stereocenters. The van der Waals surface area contributed by atoms with E-state index >= 15 is 0 Å². The van der Waals surface area contributed by atoms with E-state index in [9.17, 15) is 0 Å². The van der Waals surface area contributed by atoms with Gasteiger partial charge in [0.1, 0.15) is 5.82 Å². The molecule has 1 aromatic heterocycles. The predicted octanol–water partition coefficient (Wildman–Crippen LogP) is 0.190. The van der Waals surface area contributed by atoms with Crippen molar-refractivity contribution < 1.29 is 5.11 Å². The Morgan fingerprint density at radius 2 is 2.50 bits per heavy atom. The monoisotopic (exact) mass is 169 g/mol. The SMILES string of the molecule is Cc1ncc(CNCCCO)[nH]1. The first-order chi connectivity index (χ1) is 5.83. The molecule has 0 radical (unpaired) electrons. The lowest BCUT2D eigenvalue weighted by atomic mass is 10.4. The molecule has 12 heavy (non-hydrogen) atoms. The molecule has 1 aromatic rings. The molecule has 0 aliphatic rings. The lowest BCUT2D eigenvalue weighted by Gasteiger charge is -1.99. The average Bonchev–Trinajstić information content (AvgIpc) is 2.45. The number of imidazole rings is 1. The quantitative estimate of drug-likeness (QED) is 0.551. The number of aliphatic hydroxyl groups excluding tert-OH is 1. The largest absolute Gasteiger partial charge is 0.396 e. The summed E-state index contributed by atoms with van der Waals surface area (Å²) in [5, 5.41) is 11.7. The van der Waals surface area contributed by atoms with Crippen molar-refractivity contribution in [1.29, 1.82) is 0 Å². The third-order valence-corrected chi connectivity index (χ3v) is 1.58. The molecule has 0 aliphatic carbocycles. The minimum Gasteiger partial charge on any atom is -0.396 e. The van der Waals surface area contributed by atoms with Gasteiger partial charge >= 0.3 is 0 Å². The fourth-order valence-electron chi connectivity index (χ4n) is 0.989. The van der Waals surface area contributed by atoms with Gasteiger partial charge in [-0.05, 0) is 19.9 Å². The molecule has 4 nitrogen and oxygen atoms in total. The number of rotatable bonds is 5. The van der Waals surface area contributed by atoms with E-state index in [0.29, 0.717) is 0 Å². The molecule has 3 N–H and O–H groups in total. The van der Waals surface area contributed by atoms with Crippen LogP contribution in [0.2, 0.25) is 0 Å². The van der Waals surface area contributed by atoms with E-state index < -0.39 is 0 Å². The highest BCUT2D eigenvalue weighted by atomic mass is 16.3. The van der Waals surface area contributed by atoms with Gasteiger partial charge < -0.3 is 15.4 Å². The average molecular weight is 169 g/mol. The molecule has 1 rings (SSSR count). The van der Waals surface area contributed by atoms with Crippen molar-refractivity contribution in [3.63, 3.8) is 0 Å². The lowest BCUT2D eigenvalue weighted by molar-refractivity contribution is 0.286. The van der Waals surface area contributed by atoms with Crippen LogP contribution in [-0.4, -0.2) is 28.2 Å². The molecule has 68 valence electrons. The fraction of sp³-hybridized carbons (Fsp3) is 0.625. The second kappa shape index (κ2) is 4.90. The van der Waals surface area contributed by atoms with Crippen molar-refractivity contribution in [2.75, 3.05) is 13.2 Å². The number of H-pyrrole nitrogens is 1. The van der Waals surface area contributed by atoms with Crippen molar-refractivity contribution in [2.24, 2.45) is 0 Å². The van der Waals surface area contributed by atoms with Gasteiger partial charge in [-0.3, -0.25) is 0 Å². The molecule has 0 fully saturated rings. The number of aryl methyl sites for hydroxylation is 1. The summed E-state index contributed by atoms with van der Waals surface area (Å²) in [7, 11) is 0. The predicted molar refractivity (Wildman–Crippen MR) is 46.7 cm³/mol. The fourth-order valence-corrected chi connectivity index (χ4v) is 0.989. The highest BCUT2D eigenvalue weighted by molar-refractivity contribution is 4.98. The zero-order chi connectivity index (χ0) is 8.81. The van der Waals surface area contributed by atoms with Gasteiger partial charge in [-0.2, -0.15) is 0 Å². The molecular formula is C8H15N3O. The van der Waals surface area contributed by atoms with Crippen LogP contribution >= 0.6 is 0 Å². The van der Waals surface area contributed by atoms with Crippen LogP contribution in [0.4, 0.5) is 0 Å². The normalized spacial score (nSPS) is 10.5. The van der Waals surface area contributed by atoms with E-state index in [1.165, 1.54) is 0 Å². The smallest absolute Gasteiger partial charge is 0.103 e. The second-order valence-electron chi connectivity index (χ2n) is 2.75. The Labute approximate surface area is 72.0 Å². The lowest BCUT2D eigenvalue weighted by Crippen LogP contribution is -2.15. The Morgan fingerprint density at radius 1 is 1.67 bits per heavy atom. The molecule has 0 spiro atoms. The van der Waals surface area contributed by atoms with Crippen LogP contribution in [0.1, 0.15) is 17.9 Å². The zero-order valence-corrected chi connectivity index (χ0v) is 7.30. The molecular weight excluding hydrogens is 154 g/mol. The molecule has 0 saturated heterocycles.